The molecule has 0 aliphatic carbocycles. The molecule has 0 bridgehead atoms. The van der Waals surface area contributed by atoms with Gasteiger partial charge in [0, 0.05) is 17.0 Å². The van der Waals surface area contributed by atoms with Gasteiger partial charge in [0.15, 0.2) is 0 Å². The van der Waals surface area contributed by atoms with Crippen LogP contribution >= 0.6 is 0 Å². The van der Waals surface area contributed by atoms with Gasteiger partial charge in [-0.2, -0.15) is 0 Å². The molecule has 0 saturated heterocycles. The summed E-state index contributed by atoms with van der Waals surface area (Å²) in [5, 5.41) is 0. The van der Waals surface area contributed by atoms with E-state index < -0.39 is 0 Å². The molecular weight excluding hydrogens is 256 g/mol. The molecule has 122 valence electrons. The van der Waals surface area contributed by atoms with Crippen LogP contribution in [-0.2, 0) is 5.41 Å². The second-order valence-corrected chi connectivity index (χ2v) is 7.91. The van der Waals surface area contributed by atoms with Gasteiger partial charge < -0.3 is 4.98 Å². The number of imidazole rings is 1. The van der Waals surface area contributed by atoms with Crippen molar-refractivity contribution in [2.75, 3.05) is 0 Å². The molecule has 0 aliphatic heterocycles. The minimum Gasteiger partial charge on any atom is -0.345 e. The first kappa shape index (κ1) is 18.3. The van der Waals surface area contributed by atoms with Gasteiger partial charge in [0.1, 0.15) is 5.82 Å². The molecule has 2 heteroatoms. The highest BCUT2D eigenvalue weighted by molar-refractivity contribution is 5.25. The molecule has 1 heterocycles. The molecular formula is C19H36N2. The van der Waals surface area contributed by atoms with Gasteiger partial charge >= 0.3 is 0 Å². The molecule has 1 rings (SSSR count). The van der Waals surface area contributed by atoms with Crippen molar-refractivity contribution in [2.45, 2.75) is 98.3 Å². The first-order valence-electron chi connectivity index (χ1n) is 8.81. The quantitative estimate of drug-likeness (QED) is 0.572. The van der Waals surface area contributed by atoms with Gasteiger partial charge in [0.05, 0.1) is 5.69 Å². The molecule has 0 aromatic carbocycles. The summed E-state index contributed by atoms with van der Waals surface area (Å²) in [6.45, 7) is 18.3. The minimum absolute atomic E-state index is 0.147. The molecule has 1 N–H and O–H groups in total. The molecule has 1 aromatic heterocycles. The molecule has 1 atom stereocenters. The smallest absolute Gasteiger partial charge is 0.112 e. The SMILES string of the molecule is CCCCCC(C)(C)c1nc(C(C)C)c(C(C)C(C)C)[nH]1. The Kier molecular flexibility index (Phi) is 6.49. The fourth-order valence-electron chi connectivity index (χ4n) is 2.78. The van der Waals surface area contributed by atoms with Crippen molar-refractivity contribution in [3.05, 3.63) is 17.2 Å². The van der Waals surface area contributed by atoms with E-state index in [1.165, 1.54) is 42.9 Å². The summed E-state index contributed by atoms with van der Waals surface area (Å²) < 4.78 is 0. The highest BCUT2D eigenvalue weighted by Crippen LogP contribution is 2.34. The van der Waals surface area contributed by atoms with Crippen LogP contribution in [0.4, 0.5) is 0 Å². The van der Waals surface area contributed by atoms with Gasteiger partial charge in [-0.3, -0.25) is 0 Å². The molecule has 0 fully saturated rings. The van der Waals surface area contributed by atoms with Crippen LogP contribution in [0.5, 0.6) is 0 Å². The number of aromatic nitrogens is 2. The number of hydrogen-bond acceptors (Lipinski definition) is 1. The Morgan fingerprint density at radius 1 is 1.05 bits per heavy atom. The van der Waals surface area contributed by atoms with Crippen LogP contribution in [0.3, 0.4) is 0 Å². The van der Waals surface area contributed by atoms with Crippen LogP contribution < -0.4 is 0 Å². The maximum Gasteiger partial charge on any atom is 0.112 e. The second-order valence-electron chi connectivity index (χ2n) is 7.91. The summed E-state index contributed by atoms with van der Waals surface area (Å²) in [4.78, 5) is 8.71. The molecule has 0 spiro atoms. The Balaban J connectivity index is 3.06. The van der Waals surface area contributed by atoms with E-state index in [1.54, 1.807) is 0 Å². The van der Waals surface area contributed by atoms with Crippen molar-refractivity contribution in [1.29, 1.82) is 0 Å². The summed E-state index contributed by atoms with van der Waals surface area (Å²) in [6.07, 6.45) is 5.09. The van der Waals surface area contributed by atoms with Crippen molar-refractivity contribution in [3.63, 3.8) is 0 Å². The van der Waals surface area contributed by atoms with Gasteiger partial charge in [-0.05, 0) is 18.3 Å². The van der Waals surface area contributed by atoms with E-state index >= 15 is 0 Å². The summed E-state index contributed by atoms with van der Waals surface area (Å²) in [5.74, 6) is 2.84. The third-order valence-corrected chi connectivity index (χ3v) is 4.81. The first-order chi connectivity index (χ1) is 9.70. The summed E-state index contributed by atoms with van der Waals surface area (Å²) >= 11 is 0. The lowest BCUT2D eigenvalue weighted by atomic mass is 9.86. The van der Waals surface area contributed by atoms with E-state index in [-0.39, 0.29) is 5.41 Å². The average molecular weight is 293 g/mol. The number of nitrogens with one attached hydrogen (secondary N) is 1. The first-order valence-corrected chi connectivity index (χ1v) is 8.81. The summed E-state index contributed by atoms with van der Waals surface area (Å²) in [7, 11) is 0. The van der Waals surface area contributed by atoms with Crippen molar-refractivity contribution in [1.82, 2.24) is 9.97 Å². The maximum absolute atomic E-state index is 5.01. The molecule has 0 aliphatic rings. The Morgan fingerprint density at radius 2 is 1.67 bits per heavy atom. The van der Waals surface area contributed by atoms with Crippen LogP contribution in [0.25, 0.3) is 0 Å². The zero-order chi connectivity index (χ0) is 16.2. The fourth-order valence-corrected chi connectivity index (χ4v) is 2.78. The largest absolute Gasteiger partial charge is 0.345 e. The number of nitrogens with zero attached hydrogens (tertiary/aromatic N) is 1. The van der Waals surface area contributed by atoms with Crippen LogP contribution in [0.2, 0.25) is 0 Å². The minimum atomic E-state index is 0.147. The van der Waals surface area contributed by atoms with E-state index in [9.17, 15) is 0 Å². The van der Waals surface area contributed by atoms with Crippen LogP contribution in [-0.4, -0.2) is 9.97 Å². The monoisotopic (exact) mass is 292 g/mol. The van der Waals surface area contributed by atoms with E-state index in [2.05, 4.69) is 60.4 Å². The molecule has 1 aromatic rings. The van der Waals surface area contributed by atoms with Gasteiger partial charge in [0.25, 0.3) is 0 Å². The van der Waals surface area contributed by atoms with Crippen molar-refractivity contribution >= 4 is 0 Å². The lowest BCUT2D eigenvalue weighted by Gasteiger charge is -2.22. The lowest BCUT2D eigenvalue weighted by molar-refractivity contribution is 0.426. The van der Waals surface area contributed by atoms with Gasteiger partial charge in [-0.15, -0.1) is 0 Å². The number of unbranched alkanes of at least 4 members (excludes halogenated alkanes) is 2. The van der Waals surface area contributed by atoms with Crippen molar-refractivity contribution < 1.29 is 0 Å². The van der Waals surface area contributed by atoms with E-state index in [0.717, 1.165) is 0 Å². The summed E-state index contributed by atoms with van der Waals surface area (Å²) in [5.41, 5.74) is 2.78. The molecule has 0 amide bonds. The normalized spacial score (nSPS) is 14.2. The number of aromatic amines is 1. The highest BCUT2D eigenvalue weighted by Gasteiger charge is 2.28. The van der Waals surface area contributed by atoms with E-state index in [4.69, 9.17) is 4.98 Å². The van der Waals surface area contributed by atoms with Crippen LogP contribution in [0, 0.1) is 5.92 Å². The van der Waals surface area contributed by atoms with Gasteiger partial charge in [-0.1, -0.05) is 74.7 Å². The van der Waals surface area contributed by atoms with Crippen molar-refractivity contribution in [2.24, 2.45) is 5.92 Å². The predicted octanol–water partition coefficient (Wildman–Crippen LogP) is 6.15. The number of rotatable bonds is 8. The third-order valence-electron chi connectivity index (χ3n) is 4.81. The predicted molar refractivity (Wildman–Crippen MR) is 93.1 cm³/mol. The third kappa shape index (κ3) is 4.59. The number of H-pyrrole nitrogens is 1. The Bertz CT molecular complexity index is 427. The molecule has 2 nitrogen and oxygen atoms in total. The lowest BCUT2D eigenvalue weighted by Crippen LogP contribution is -2.19. The van der Waals surface area contributed by atoms with E-state index in [0.29, 0.717) is 17.8 Å². The Hall–Kier alpha value is -0.790. The Morgan fingerprint density at radius 3 is 2.14 bits per heavy atom. The van der Waals surface area contributed by atoms with Crippen LogP contribution in [0.15, 0.2) is 0 Å². The maximum atomic E-state index is 5.01. The standard InChI is InChI=1S/C19H36N2/c1-9-10-11-12-19(7,8)18-20-16(14(4)5)17(21-18)15(6)13(2)3/h13-15H,9-12H2,1-8H3,(H,20,21). The van der Waals surface area contributed by atoms with Gasteiger partial charge in [0.2, 0.25) is 0 Å². The molecule has 21 heavy (non-hydrogen) atoms. The number of hydrogen-bond donors (Lipinski definition) is 1. The van der Waals surface area contributed by atoms with Gasteiger partial charge in [-0.25, -0.2) is 4.98 Å². The zero-order valence-electron chi connectivity index (χ0n) is 15.5. The van der Waals surface area contributed by atoms with Crippen molar-refractivity contribution in [3.8, 4) is 0 Å². The highest BCUT2D eigenvalue weighted by atomic mass is 15.0. The zero-order valence-corrected chi connectivity index (χ0v) is 15.5. The van der Waals surface area contributed by atoms with E-state index in [1.807, 2.05) is 0 Å². The molecule has 0 saturated carbocycles. The van der Waals surface area contributed by atoms with Crippen LogP contribution in [0.1, 0.15) is 110 Å². The second kappa shape index (κ2) is 7.47. The molecule has 1 unspecified atom stereocenters. The summed E-state index contributed by atoms with van der Waals surface area (Å²) in [6, 6.07) is 0. The fraction of sp³-hybridized carbons (Fsp3) is 0.842. The average Bonchev–Trinajstić information content (AvgIpc) is 2.83. The Labute approximate surface area is 132 Å². The molecule has 0 radical (unpaired) electrons. The topological polar surface area (TPSA) is 28.7 Å².